The predicted molar refractivity (Wildman–Crippen MR) is 49.3 cm³/mol. The van der Waals surface area contributed by atoms with Crippen LogP contribution >= 0.6 is 11.6 Å². The van der Waals surface area contributed by atoms with Gasteiger partial charge in [0.1, 0.15) is 11.7 Å². The third-order valence-electron chi connectivity index (χ3n) is 1.25. The molecule has 0 fully saturated rings. The molecule has 13 heavy (non-hydrogen) atoms. The summed E-state index contributed by atoms with van der Waals surface area (Å²) < 4.78 is 24.7. The van der Waals surface area contributed by atoms with E-state index in [9.17, 15) is 8.78 Å². The third kappa shape index (κ3) is 3.72. The lowest BCUT2D eigenvalue weighted by Crippen LogP contribution is -2.07. The van der Waals surface area contributed by atoms with Crippen molar-refractivity contribution in [3.63, 3.8) is 0 Å². The van der Waals surface area contributed by atoms with E-state index in [0.717, 1.165) is 4.68 Å². The van der Waals surface area contributed by atoms with Gasteiger partial charge in [0, 0.05) is 5.56 Å². The molecule has 1 aromatic rings. The van der Waals surface area contributed by atoms with Crippen molar-refractivity contribution in [1.29, 1.82) is 0 Å². The van der Waals surface area contributed by atoms with Crippen LogP contribution in [-0.4, -0.2) is 16.2 Å². The molecule has 5 heteroatoms. The summed E-state index contributed by atoms with van der Waals surface area (Å²) >= 11 is 5.62. The first-order valence-electron chi connectivity index (χ1n) is 4.07. The van der Waals surface area contributed by atoms with E-state index < -0.39 is 13.0 Å². The molecular formula is C8H13ClF2N2. The number of rotatable bonds is 2. The molecule has 0 saturated carbocycles. The Morgan fingerprint density at radius 1 is 1.54 bits per heavy atom. The lowest BCUT2D eigenvalue weighted by molar-refractivity contribution is 0.122. The summed E-state index contributed by atoms with van der Waals surface area (Å²) in [5, 5.41) is 3.94. The Balaban J connectivity index is 0.000000671. The Bertz CT molecular complexity index is 248. The van der Waals surface area contributed by atoms with Crippen LogP contribution in [0.4, 0.5) is 8.78 Å². The molecule has 0 bridgehead atoms. The summed E-state index contributed by atoms with van der Waals surface area (Å²) in [6.45, 7) is 5.28. The summed E-state index contributed by atoms with van der Waals surface area (Å²) in [6, 6.07) is 0. The molecule has 1 aromatic heterocycles. The predicted octanol–water partition coefficient (Wildman–Crippen LogP) is 3.14. The Hall–Kier alpha value is -0.640. The summed E-state index contributed by atoms with van der Waals surface area (Å²) in [5.41, 5.74) is 0.715. The van der Waals surface area contributed by atoms with Gasteiger partial charge in [0.25, 0.3) is 6.43 Å². The SMILES string of the molecule is CC.Cc1cnn(CC(F)F)c1Cl. The minimum absolute atomic E-state index is 0.283. The minimum Gasteiger partial charge on any atom is -0.248 e. The van der Waals surface area contributed by atoms with Gasteiger partial charge in [-0.25, -0.2) is 13.5 Å². The molecule has 0 spiro atoms. The number of alkyl halides is 2. The Kier molecular flexibility index (Phi) is 5.62. The van der Waals surface area contributed by atoms with Gasteiger partial charge in [0.05, 0.1) is 6.20 Å². The highest BCUT2D eigenvalue weighted by molar-refractivity contribution is 6.30. The van der Waals surface area contributed by atoms with Crippen LogP contribution in [0.1, 0.15) is 19.4 Å². The first kappa shape index (κ1) is 12.4. The number of hydrogen-bond donors (Lipinski definition) is 0. The van der Waals surface area contributed by atoms with Gasteiger partial charge in [-0.1, -0.05) is 25.4 Å². The van der Waals surface area contributed by atoms with Crippen molar-refractivity contribution in [3.05, 3.63) is 16.9 Å². The van der Waals surface area contributed by atoms with Crippen molar-refractivity contribution < 1.29 is 8.78 Å². The van der Waals surface area contributed by atoms with Crippen LogP contribution in [0.5, 0.6) is 0 Å². The van der Waals surface area contributed by atoms with Crippen molar-refractivity contribution in [3.8, 4) is 0 Å². The van der Waals surface area contributed by atoms with E-state index in [2.05, 4.69) is 5.10 Å². The maximum Gasteiger partial charge on any atom is 0.257 e. The molecule has 0 unspecified atom stereocenters. The fourth-order valence-electron chi connectivity index (χ4n) is 0.722. The van der Waals surface area contributed by atoms with Crippen LogP contribution in [0.3, 0.4) is 0 Å². The molecule has 1 rings (SSSR count). The Labute approximate surface area is 81.5 Å². The maximum absolute atomic E-state index is 11.8. The average molecular weight is 211 g/mol. The van der Waals surface area contributed by atoms with E-state index in [0.29, 0.717) is 5.56 Å². The van der Waals surface area contributed by atoms with Gasteiger partial charge in [0.2, 0.25) is 0 Å². The van der Waals surface area contributed by atoms with Gasteiger partial charge in [-0.05, 0) is 6.92 Å². The van der Waals surface area contributed by atoms with E-state index in [-0.39, 0.29) is 5.15 Å². The van der Waals surface area contributed by atoms with Gasteiger partial charge in [-0.2, -0.15) is 5.10 Å². The molecule has 0 aliphatic heterocycles. The molecule has 0 aliphatic rings. The number of halogens is 3. The molecule has 0 atom stereocenters. The molecule has 1 heterocycles. The van der Waals surface area contributed by atoms with E-state index >= 15 is 0 Å². The highest BCUT2D eigenvalue weighted by atomic mass is 35.5. The molecule has 2 nitrogen and oxygen atoms in total. The van der Waals surface area contributed by atoms with Crippen LogP contribution < -0.4 is 0 Å². The van der Waals surface area contributed by atoms with Crippen molar-refractivity contribution in [1.82, 2.24) is 9.78 Å². The second kappa shape index (κ2) is 5.91. The Morgan fingerprint density at radius 3 is 2.38 bits per heavy atom. The quantitative estimate of drug-likeness (QED) is 0.733. The van der Waals surface area contributed by atoms with Crippen LogP contribution in [0, 0.1) is 6.92 Å². The van der Waals surface area contributed by atoms with Crippen molar-refractivity contribution in [2.75, 3.05) is 0 Å². The smallest absolute Gasteiger partial charge is 0.248 e. The number of aryl methyl sites for hydroxylation is 1. The van der Waals surface area contributed by atoms with E-state index in [1.54, 1.807) is 6.92 Å². The molecule has 0 amide bonds. The van der Waals surface area contributed by atoms with E-state index in [4.69, 9.17) is 11.6 Å². The lowest BCUT2D eigenvalue weighted by atomic mass is 10.4. The largest absolute Gasteiger partial charge is 0.257 e. The molecule has 76 valence electrons. The average Bonchev–Trinajstić information content (AvgIpc) is 2.39. The molecule has 0 N–H and O–H groups in total. The van der Waals surface area contributed by atoms with Gasteiger partial charge < -0.3 is 0 Å². The topological polar surface area (TPSA) is 17.8 Å². The summed E-state index contributed by atoms with van der Waals surface area (Å²) in [6.07, 6.45) is -0.947. The summed E-state index contributed by atoms with van der Waals surface area (Å²) in [7, 11) is 0. The molecule has 0 aliphatic carbocycles. The zero-order valence-electron chi connectivity index (χ0n) is 7.89. The van der Waals surface area contributed by atoms with Crippen LogP contribution in [0.2, 0.25) is 5.15 Å². The number of nitrogens with zero attached hydrogens (tertiary/aromatic N) is 2. The fraction of sp³-hybridized carbons (Fsp3) is 0.625. The van der Waals surface area contributed by atoms with Gasteiger partial charge in [-0.15, -0.1) is 0 Å². The first-order valence-corrected chi connectivity index (χ1v) is 4.45. The summed E-state index contributed by atoms with van der Waals surface area (Å²) in [5.74, 6) is 0. The van der Waals surface area contributed by atoms with Crippen molar-refractivity contribution in [2.24, 2.45) is 0 Å². The van der Waals surface area contributed by atoms with E-state index in [1.165, 1.54) is 6.20 Å². The second-order valence-electron chi connectivity index (χ2n) is 2.19. The maximum atomic E-state index is 11.8. The number of aromatic nitrogens is 2. The molecular weight excluding hydrogens is 198 g/mol. The normalized spacial score (nSPS) is 9.77. The monoisotopic (exact) mass is 210 g/mol. The summed E-state index contributed by atoms with van der Waals surface area (Å²) in [4.78, 5) is 0. The van der Waals surface area contributed by atoms with Gasteiger partial charge in [-0.3, -0.25) is 0 Å². The molecule has 0 aromatic carbocycles. The van der Waals surface area contributed by atoms with Crippen molar-refractivity contribution in [2.45, 2.75) is 33.7 Å². The van der Waals surface area contributed by atoms with Crippen LogP contribution in [-0.2, 0) is 6.54 Å². The fourth-order valence-corrected chi connectivity index (χ4v) is 0.883. The first-order chi connectivity index (χ1) is 6.11. The lowest BCUT2D eigenvalue weighted by Gasteiger charge is -2.00. The highest BCUT2D eigenvalue weighted by Crippen LogP contribution is 2.14. The molecule has 0 radical (unpaired) electrons. The van der Waals surface area contributed by atoms with Crippen molar-refractivity contribution >= 4 is 11.6 Å². The van der Waals surface area contributed by atoms with Gasteiger partial charge in [0.15, 0.2) is 0 Å². The standard InChI is InChI=1S/C6H7ClF2N2.C2H6/c1-4-2-10-11(6(4)7)3-5(8)9;1-2/h2,5H,3H2,1H3;1-2H3. The van der Waals surface area contributed by atoms with Gasteiger partial charge >= 0.3 is 0 Å². The zero-order valence-corrected chi connectivity index (χ0v) is 8.65. The molecule has 0 saturated heterocycles. The van der Waals surface area contributed by atoms with E-state index in [1.807, 2.05) is 13.8 Å². The zero-order chi connectivity index (χ0) is 10.4. The highest BCUT2D eigenvalue weighted by Gasteiger charge is 2.09. The second-order valence-corrected chi connectivity index (χ2v) is 2.55. The minimum atomic E-state index is -2.41. The van der Waals surface area contributed by atoms with Crippen LogP contribution in [0.15, 0.2) is 6.20 Å². The number of hydrogen-bond acceptors (Lipinski definition) is 1. The third-order valence-corrected chi connectivity index (χ3v) is 1.75. The van der Waals surface area contributed by atoms with Crippen LogP contribution in [0.25, 0.3) is 0 Å². The Morgan fingerprint density at radius 2 is 2.08 bits per heavy atom.